The zero-order valence-corrected chi connectivity index (χ0v) is 44.6. The summed E-state index contributed by atoms with van der Waals surface area (Å²) in [5.74, 6) is -2.14. The van der Waals surface area contributed by atoms with Crippen LogP contribution in [0, 0.1) is 0 Å². The van der Waals surface area contributed by atoms with Crippen molar-refractivity contribution in [1.29, 1.82) is 0 Å². The average Bonchev–Trinajstić information content (AvgIpc) is 3.67. The number of nitrogens with zero attached hydrogens (tertiary/aromatic N) is 2. The van der Waals surface area contributed by atoms with E-state index in [0.29, 0.717) is 76.6 Å². The van der Waals surface area contributed by atoms with Crippen LogP contribution < -0.4 is 10.2 Å². The van der Waals surface area contributed by atoms with E-state index in [2.05, 4.69) is 5.32 Å². The summed E-state index contributed by atoms with van der Waals surface area (Å²) in [6.07, 6.45) is 13.9. The third kappa shape index (κ3) is 12.7. The van der Waals surface area contributed by atoms with Crippen molar-refractivity contribution in [2.75, 3.05) is 57.7 Å². The Labute approximate surface area is 430 Å². The molecule has 0 bridgehead atoms. The van der Waals surface area contributed by atoms with Gasteiger partial charge in [0.15, 0.2) is 12.3 Å². The van der Waals surface area contributed by atoms with Crippen molar-refractivity contribution < 1.29 is 80.6 Å². The van der Waals surface area contributed by atoms with Crippen LogP contribution in [0.2, 0.25) is 0 Å². The molecular formula is C50H60N3O17S4+. The van der Waals surface area contributed by atoms with Gasteiger partial charge in [0.25, 0.3) is 46.4 Å². The molecule has 1 amide bonds. The lowest BCUT2D eigenvalue weighted by atomic mass is 9.73. The summed E-state index contributed by atoms with van der Waals surface area (Å²) in [6.45, 7) is 6.70. The van der Waals surface area contributed by atoms with Gasteiger partial charge >= 0.3 is 5.97 Å². The molecule has 1 unspecified atom stereocenters. The molecule has 0 saturated heterocycles. The Morgan fingerprint density at radius 3 is 1.95 bits per heavy atom. The fraction of sp³-hybridized carbons (Fsp3) is 0.380. The van der Waals surface area contributed by atoms with Crippen LogP contribution in [0.5, 0.6) is 0 Å². The van der Waals surface area contributed by atoms with Crippen LogP contribution in [-0.4, -0.2) is 132 Å². The first kappa shape index (κ1) is 57.6. The van der Waals surface area contributed by atoms with Gasteiger partial charge in [-0.05, 0) is 96.8 Å². The highest BCUT2D eigenvalue weighted by molar-refractivity contribution is 7.87. The number of carboxylic acid groups (broad SMARTS) is 1. The number of hydrogen-bond acceptors (Lipinski definition) is 13. The minimum absolute atomic E-state index is 0.0217. The molecule has 0 aliphatic carbocycles. The van der Waals surface area contributed by atoms with Crippen LogP contribution in [0.15, 0.2) is 111 Å². The summed E-state index contributed by atoms with van der Waals surface area (Å²) in [6, 6.07) is 10.8. The second kappa shape index (κ2) is 22.7. The molecule has 0 spiro atoms. The average molecular weight is 1100 g/mol. The van der Waals surface area contributed by atoms with Gasteiger partial charge in [0.05, 0.1) is 27.6 Å². The Bertz CT molecular complexity index is 3510. The Balaban J connectivity index is 1.43. The number of allylic oxidation sites excluding steroid dienone is 8. The van der Waals surface area contributed by atoms with E-state index in [-0.39, 0.29) is 61.9 Å². The first-order chi connectivity index (χ1) is 34.6. The third-order valence-corrected chi connectivity index (χ3v) is 16.6. The van der Waals surface area contributed by atoms with E-state index in [4.69, 9.17) is 9.47 Å². The first-order valence-corrected chi connectivity index (χ1v) is 29.2. The highest BCUT2D eigenvalue weighted by Crippen LogP contribution is 2.52. The lowest BCUT2D eigenvalue weighted by Crippen LogP contribution is -2.33. The third-order valence-electron chi connectivity index (χ3n) is 13.2. The number of anilines is 1. The highest BCUT2D eigenvalue weighted by atomic mass is 32.2. The normalized spacial score (nSPS) is 17.7. The molecular weight excluding hydrogens is 1040 g/mol. The van der Waals surface area contributed by atoms with Crippen molar-refractivity contribution in [3.63, 3.8) is 0 Å². The van der Waals surface area contributed by atoms with E-state index in [1.54, 1.807) is 54.7 Å². The fourth-order valence-electron chi connectivity index (χ4n) is 9.97. The second-order valence-electron chi connectivity index (χ2n) is 18.6. The molecule has 74 heavy (non-hydrogen) atoms. The van der Waals surface area contributed by atoms with Crippen LogP contribution in [0.3, 0.4) is 0 Å². The molecule has 1 atom stereocenters. The lowest BCUT2D eigenvalue weighted by molar-refractivity contribution is -0.441. The minimum Gasteiger partial charge on any atom is -0.481 e. The van der Waals surface area contributed by atoms with Gasteiger partial charge in [-0.15, -0.1) is 0 Å². The van der Waals surface area contributed by atoms with Gasteiger partial charge in [-0.1, -0.05) is 56.7 Å². The molecule has 2 aliphatic rings. The predicted molar refractivity (Wildman–Crippen MR) is 278 cm³/mol. The second-order valence-corrected chi connectivity index (χ2v) is 24.4. The van der Waals surface area contributed by atoms with E-state index < -0.39 is 83.6 Å². The fourth-order valence-corrected chi connectivity index (χ4v) is 12.3. The molecule has 2 aliphatic heterocycles. The molecule has 24 heteroatoms. The van der Waals surface area contributed by atoms with Crippen molar-refractivity contribution in [1.82, 2.24) is 5.32 Å². The molecule has 20 nitrogen and oxygen atoms in total. The number of ether oxygens (including phenoxy) is 2. The topological polar surface area (TPSA) is 309 Å². The molecule has 2 heterocycles. The zero-order chi connectivity index (χ0) is 54.6. The zero-order valence-electron chi connectivity index (χ0n) is 41.3. The van der Waals surface area contributed by atoms with Crippen molar-refractivity contribution in [2.24, 2.45) is 0 Å². The number of hydrogen-bond donors (Lipinski definition) is 6. The number of carboxylic acids is 1. The molecule has 6 rings (SSSR count). The van der Waals surface area contributed by atoms with Gasteiger partial charge in [0.1, 0.15) is 11.5 Å². The smallest absolute Gasteiger partial charge is 0.303 e. The lowest BCUT2D eigenvalue weighted by Gasteiger charge is -2.27. The summed E-state index contributed by atoms with van der Waals surface area (Å²) < 4.78 is 152. The summed E-state index contributed by atoms with van der Waals surface area (Å²) in [5.41, 5.74) is 1.51. The Morgan fingerprint density at radius 1 is 0.703 bits per heavy atom. The number of aliphatic carboxylic acids is 1. The first-order valence-electron chi connectivity index (χ1n) is 23.3. The van der Waals surface area contributed by atoms with Crippen molar-refractivity contribution in [3.05, 3.63) is 113 Å². The number of nitrogens with one attached hydrogen (secondary N) is 1. The Hall–Kier alpha value is -5.67. The summed E-state index contributed by atoms with van der Waals surface area (Å²) in [7, 11) is -16.2. The number of carbonyl (C=O) groups is 2. The van der Waals surface area contributed by atoms with Crippen molar-refractivity contribution in [2.45, 2.75) is 84.8 Å². The number of benzene rings is 4. The minimum atomic E-state index is -4.98. The SMILES string of the molecule is COCCNC(=O)c1cc(S(=O)(=O)O)cc2c3c(ccc12)[N+](CCOC)=C(/C=C/C=C/C=C/C=C1/N(CCCCCC(=O)O)c2ccc4c(S(=O)(=O)O)cc(S(=O)(=O)O)cc4c2C1(C)C)C3(C)CCCS(=O)(=O)O. The number of amides is 1. The predicted octanol–water partition coefficient (Wildman–Crippen LogP) is 6.78. The van der Waals surface area contributed by atoms with Gasteiger partial charge in [-0.2, -0.15) is 38.2 Å². The van der Waals surface area contributed by atoms with Gasteiger partial charge < -0.3 is 24.8 Å². The number of rotatable bonds is 24. The van der Waals surface area contributed by atoms with Crippen LogP contribution in [-0.2, 0) is 65.6 Å². The Kier molecular flexibility index (Phi) is 17.6. The van der Waals surface area contributed by atoms with Gasteiger partial charge in [-0.25, -0.2) is 0 Å². The van der Waals surface area contributed by atoms with E-state index in [0.717, 1.165) is 12.1 Å². The molecule has 4 aromatic rings. The van der Waals surface area contributed by atoms with Gasteiger partial charge in [-0.3, -0.25) is 27.8 Å². The maximum absolute atomic E-state index is 13.6. The largest absolute Gasteiger partial charge is 0.481 e. The maximum Gasteiger partial charge on any atom is 0.303 e. The quantitative estimate of drug-likeness (QED) is 0.0182. The molecule has 6 N–H and O–H groups in total. The summed E-state index contributed by atoms with van der Waals surface area (Å²) in [5, 5.41) is 12.7. The standard InChI is InChI=1S/C50H59N3O17S4/c1-49(2)43(52(24-13-9-12-17-45(54)55)40-21-19-36-38(46(40)49)30-34(73(63,64)65)32-42(36)74(66,67)68)15-10-7-6-8-11-16-44-50(3,22-14-28-71(57,58)59)47-37-29-33(72(60,61)62)31-39(48(56)51-23-26-69-4)35(37)18-20-41(47)53(44)25-27-70-5/h6-8,10-11,15-16,18-21,29-32H,9,12-14,17,22-28H2,1-5H3,(H5-,51,54,55,56,57,58,59,60,61,62,63,64,65,66,67,68)/p+1. The number of methoxy groups -OCH3 is 2. The highest BCUT2D eigenvalue weighted by Gasteiger charge is 2.49. The summed E-state index contributed by atoms with van der Waals surface area (Å²) >= 11 is 0. The molecule has 0 fully saturated rings. The number of unbranched alkanes of at least 4 members (excludes halogenated alkanes) is 2. The van der Waals surface area contributed by atoms with E-state index in [1.165, 1.54) is 26.4 Å². The molecule has 0 aromatic heterocycles. The molecule has 4 aromatic carbocycles. The van der Waals surface area contributed by atoms with Crippen LogP contribution >= 0.6 is 0 Å². The Morgan fingerprint density at radius 2 is 1.32 bits per heavy atom. The number of carbonyl (C=O) groups excluding carboxylic acids is 1. The maximum atomic E-state index is 13.6. The van der Waals surface area contributed by atoms with Crippen LogP contribution in [0.1, 0.15) is 80.8 Å². The van der Waals surface area contributed by atoms with E-state index >= 15 is 0 Å². The summed E-state index contributed by atoms with van der Waals surface area (Å²) in [4.78, 5) is 24.8. The van der Waals surface area contributed by atoms with E-state index in [1.807, 2.05) is 36.3 Å². The van der Waals surface area contributed by atoms with E-state index in [9.17, 15) is 66.6 Å². The van der Waals surface area contributed by atoms with Gasteiger partial charge in [0, 0.05) is 79.2 Å². The van der Waals surface area contributed by atoms with Crippen molar-refractivity contribution in [3.8, 4) is 0 Å². The van der Waals surface area contributed by atoms with Gasteiger partial charge in [0.2, 0.25) is 5.69 Å². The number of fused-ring (bicyclic) bond motifs is 6. The molecule has 400 valence electrons. The van der Waals surface area contributed by atoms with Crippen LogP contribution in [0.25, 0.3) is 21.5 Å². The van der Waals surface area contributed by atoms with Crippen molar-refractivity contribution >= 4 is 91.0 Å². The monoisotopic (exact) mass is 1100 g/mol. The van der Waals surface area contributed by atoms with Crippen LogP contribution in [0.4, 0.5) is 11.4 Å². The molecule has 0 saturated carbocycles. The molecule has 0 radical (unpaired) electrons.